The second kappa shape index (κ2) is 15.2. The Hall–Kier alpha value is -0.520. The first-order valence-electron chi connectivity index (χ1n) is 13.9. The van der Waals surface area contributed by atoms with Crippen molar-refractivity contribution < 1.29 is 23.3 Å². The van der Waals surface area contributed by atoms with Crippen molar-refractivity contribution in [1.82, 2.24) is 0 Å². The molecule has 0 spiro atoms. The summed E-state index contributed by atoms with van der Waals surface area (Å²) in [7, 11) is -6.33. The van der Waals surface area contributed by atoms with Crippen LogP contribution in [-0.2, 0) is 24.8 Å². The van der Waals surface area contributed by atoms with Crippen LogP contribution in [0.2, 0.25) is 0 Å². The molecule has 0 radical (unpaired) electrons. The maximum Gasteiger partial charge on any atom is 0.206 e. The molecule has 0 heterocycles. The quantitative estimate of drug-likeness (QED) is 0.247. The zero-order valence-electron chi connectivity index (χ0n) is 21.8. The van der Waals surface area contributed by atoms with E-state index < -0.39 is 26.9 Å². The van der Waals surface area contributed by atoms with Gasteiger partial charge in [-0.15, -0.1) is 0 Å². The van der Waals surface area contributed by atoms with Crippen LogP contribution < -0.4 is 11.5 Å². The van der Waals surface area contributed by atoms with Gasteiger partial charge in [0.15, 0.2) is 0 Å². The smallest absolute Gasteiger partial charge is 0.206 e. The van der Waals surface area contributed by atoms with Gasteiger partial charge in [-0.2, -0.15) is 0 Å². The summed E-state index contributed by atoms with van der Waals surface area (Å²) in [5, 5.41) is 10.3. The van der Waals surface area contributed by atoms with Gasteiger partial charge >= 0.3 is 0 Å². The molecule has 0 aliphatic heterocycles. The highest BCUT2D eigenvalue weighted by molar-refractivity contribution is 7.60. The summed E-state index contributed by atoms with van der Waals surface area (Å²) in [5.74, 6) is 0.684. The molecule has 1 aromatic carbocycles. The molecule has 2 aliphatic rings. The van der Waals surface area contributed by atoms with E-state index in [9.17, 15) is 14.2 Å². The lowest BCUT2D eigenvalue weighted by Gasteiger charge is -2.33. The van der Waals surface area contributed by atoms with Gasteiger partial charge in [0.25, 0.3) is 0 Å². The van der Waals surface area contributed by atoms with Crippen LogP contribution in [0.25, 0.3) is 0 Å². The number of hydrogen-bond acceptors (Lipinski definition) is 7. The molecule has 1 aromatic rings. The molecule has 4 atom stereocenters. The summed E-state index contributed by atoms with van der Waals surface area (Å²) in [6.45, 7) is 0.413. The van der Waals surface area contributed by atoms with Crippen molar-refractivity contribution in [2.45, 2.75) is 83.0 Å². The minimum absolute atomic E-state index is 0.0221. The van der Waals surface area contributed by atoms with Gasteiger partial charge in [-0.05, 0) is 43.1 Å². The molecule has 2 fully saturated rings. The fourth-order valence-electron chi connectivity index (χ4n) is 5.76. The Morgan fingerprint density at radius 2 is 1.36 bits per heavy atom. The van der Waals surface area contributed by atoms with Crippen molar-refractivity contribution in [3.8, 4) is 0 Å². The minimum Gasteiger partial charge on any atom is -0.391 e. The second-order valence-electron chi connectivity index (χ2n) is 11.0. The van der Waals surface area contributed by atoms with Crippen molar-refractivity contribution in [2.75, 3.05) is 37.7 Å². The first-order valence-corrected chi connectivity index (χ1v) is 17.9. The van der Waals surface area contributed by atoms with Gasteiger partial charge in [-0.25, -0.2) is 0 Å². The predicted molar refractivity (Wildman–Crippen MR) is 148 cm³/mol. The molecular weight excluding hydrogens is 494 g/mol. The Kier molecular flexibility index (Phi) is 12.7. The molecule has 0 saturated heterocycles. The topological polar surface area (TPSA) is 125 Å². The van der Waals surface area contributed by atoms with E-state index in [1.165, 1.54) is 12.8 Å². The fraction of sp³-hybridized carbons (Fsp3) is 0.778. The van der Waals surface area contributed by atoms with Crippen molar-refractivity contribution >= 4 is 14.7 Å². The van der Waals surface area contributed by atoms with Crippen LogP contribution in [0.4, 0.5) is 0 Å². The highest BCUT2D eigenvalue weighted by atomic mass is 31.2. The zero-order valence-corrected chi connectivity index (χ0v) is 23.6. The van der Waals surface area contributed by atoms with Gasteiger partial charge in [0.1, 0.15) is 0 Å². The largest absolute Gasteiger partial charge is 0.391 e. The Morgan fingerprint density at radius 1 is 0.806 bits per heavy atom. The number of hydrogen-bond donors (Lipinski definition) is 3. The summed E-state index contributed by atoms with van der Waals surface area (Å²) in [6, 6.07) is 9.77. The molecule has 9 heteroatoms. The number of aliphatic hydroxyl groups is 1. The predicted octanol–water partition coefficient (Wildman–Crippen LogP) is 5.58. The van der Waals surface area contributed by atoms with E-state index in [-0.39, 0.29) is 32.0 Å². The van der Waals surface area contributed by atoms with Crippen LogP contribution in [-0.4, -0.2) is 55.1 Å². The van der Waals surface area contributed by atoms with Gasteiger partial charge in [-0.3, -0.25) is 9.13 Å². The van der Waals surface area contributed by atoms with Crippen molar-refractivity contribution in [1.29, 1.82) is 0 Å². The Labute approximate surface area is 218 Å². The average molecular weight is 543 g/mol. The maximum atomic E-state index is 14.3. The number of rotatable bonds is 15. The molecule has 0 aromatic heterocycles. The standard InChI is InChI=1S/C27H48N2O5P2/c28-16-26(30)21-36(32,20-25-14-8-3-9-15-25)34-27(17-29)22-35(31,19-24-12-6-2-7-13-24)33-18-23-10-4-1-5-11-23/h1,4-5,10-11,24-27,30H,2-3,6-9,12-22,28-29H2/t26?,27-,35?,36?/m1/s1. The van der Waals surface area contributed by atoms with E-state index in [1.54, 1.807) is 0 Å². The van der Waals surface area contributed by atoms with Crippen LogP contribution in [0.1, 0.15) is 69.8 Å². The molecule has 0 amide bonds. The maximum absolute atomic E-state index is 14.3. The highest BCUT2D eigenvalue weighted by Crippen LogP contribution is 2.56. The summed E-state index contributed by atoms with van der Waals surface area (Å²) >= 11 is 0. The van der Waals surface area contributed by atoms with Crippen LogP contribution in [0.15, 0.2) is 30.3 Å². The second-order valence-corrected chi connectivity index (χ2v) is 16.2. The van der Waals surface area contributed by atoms with Crippen LogP contribution in [0, 0.1) is 11.8 Å². The van der Waals surface area contributed by atoms with Gasteiger partial charge in [0.2, 0.25) is 14.7 Å². The summed E-state index contributed by atoms with van der Waals surface area (Å²) < 4.78 is 40.8. The molecule has 5 N–H and O–H groups in total. The zero-order chi connectivity index (χ0) is 25.9. The molecule has 36 heavy (non-hydrogen) atoms. The van der Waals surface area contributed by atoms with Gasteiger partial charge in [0, 0.05) is 25.4 Å². The Bertz CT molecular complexity index is 844. The average Bonchev–Trinajstić information content (AvgIpc) is 2.88. The van der Waals surface area contributed by atoms with E-state index in [2.05, 4.69) is 0 Å². The number of nitrogens with two attached hydrogens (primary N) is 2. The first kappa shape index (κ1) is 30.0. The van der Waals surface area contributed by atoms with Crippen molar-refractivity contribution in [3.05, 3.63) is 35.9 Å². The lowest BCUT2D eigenvalue weighted by molar-refractivity contribution is 0.183. The third kappa shape index (κ3) is 10.3. The van der Waals surface area contributed by atoms with Crippen LogP contribution in [0.5, 0.6) is 0 Å². The summed E-state index contributed by atoms with van der Waals surface area (Å²) in [5.41, 5.74) is 12.7. The number of benzene rings is 1. The molecule has 0 bridgehead atoms. The van der Waals surface area contributed by atoms with Gasteiger partial charge in [0.05, 0.1) is 31.1 Å². The normalized spacial score (nSPS) is 23.0. The summed E-state index contributed by atoms with van der Waals surface area (Å²) in [6.07, 6.45) is 10.8. The lowest BCUT2D eigenvalue weighted by Crippen LogP contribution is -2.32. The third-order valence-electron chi connectivity index (χ3n) is 7.68. The van der Waals surface area contributed by atoms with Crippen LogP contribution in [0.3, 0.4) is 0 Å². The Balaban J connectivity index is 1.73. The van der Waals surface area contributed by atoms with Crippen molar-refractivity contribution in [2.24, 2.45) is 23.3 Å². The van der Waals surface area contributed by atoms with Crippen LogP contribution >= 0.6 is 14.7 Å². The lowest BCUT2D eigenvalue weighted by atomic mass is 9.91. The molecule has 2 aliphatic carbocycles. The summed E-state index contributed by atoms with van der Waals surface area (Å²) in [4.78, 5) is 0. The van der Waals surface area contributed by atoms with E-state index in [0.717, 1.165) is 56.9 Å². The molecule has 206 valence electrons. The fourth-order valence-corrected chi connectivity index (χ4v) is 11.6. The van der Waals surface area contributed by atoms with E-state index in [0.29, 0.717) is 24.2 Å². The molecule has 3 rings (SSSR count). The van der Waals surface area contributed by atoms with E-state index >= 15 is 0 Å². The Morgan fingerprint density at radius 3 is 1.89 bits per heavy atom. The molecule has 2 saturated carbocycles. The SMILES string of the molecule is NCC(O)CP(=O)(CC1CCCCC1)O[C@H](CN)CP(=O)(CC1CCCCC1)OCc1ccccc1. The molecule has 3 unspecified atom stereocenters. The van der Waals surface area contributed by atoms with Gasteiger partial charge < -0.3 is 25.6 Å². The molecule has 7 nitrogen and oxygen atoms in total. The first-order chi connectivity index (χ1) is 17.3. The highest BCUT2D eigenvalue weighted by Gasteiger charge is 2.37. The van der Waals surface area contributed by atoms with E-state index in [4.69, 9.17) is 20.5 Å². The minimum atomic E-state index is -3.23. The number of aliphatic hydroxyl groups excluding tert-OH is 1. The monoisotopic (exact) mass is 542 g/mol. The van der Waals surface area contributed by atoms with Crippen molar-refractivity contribution in [3.63, 3.8) is 0 Å². The van der Waals surface area contributed by atoms with Gasteiger partial charge in [-0.1, -0.05) is 68.9 Å². The third-order valence-corrected chi connectivity index (χ3v) is 13.0. The van der Waals surface area contributed by atoms with E-state index in [1.807, 2.05) is 30.3 Å². The molecular formula is C27H48N2O5P2.